The van der Waals surface area contributed by atoms with Gasteiger partial charge in [0.25, 0.3) is 11.7 Å². The first-order chi connectivity index (χ1) is 17.9. The van der Waals surface area contributed by atoms with Crippen LogP contribution in [0.2, 0.25) is 0 Å². The summed E-state index contributed by atoms with van der Waals surface area (Å²) < 4.78 is 16.0. The van der Waals surface area contributed by atoms with Crippen molar-refractivity contribution in [2.24, 2.45) is 0 Å². The Kier molecular flexibility index (Phi) is 6.99. The van der Waals surface area contributed by atoms with E-state index < -0.39 is 23.7 Å². The van der Waals surface area contributed by atoms with E-state index in [4.69, 9.17) is 14.2 Å². The molecule has 194 valence electrons. The Morgan fingerprint density at radius 3 is 2.46 bits per heavy atom. The first-order valence-electron chi connectivity index (χ1n) is 12.4. The zero-order valence-electron chi connectivity index (χ0n) is 20.9. The van der Waals surface area contributed by atoms with Gasteiger partial charge in [0.1, 0.15) is 17.6 Å². The number of ketones is 1. The maximum Gasteiger partial charge on any atom is 0.337 e. The summed E-state index contributed by atoms with van der Waals surface area (Å²) in [4.78, 5) is 42.2. The van der Waals surface area contributed by atoms with Crippen molar-refractivity contribution in [3.8, 4) is 5.75 Å². The second-order valence-corrected chi connectivity index (χ2v) is 9.52. The number of morpholine rings is 1. The Hall–Kier alpha value is -3.69. The second-order valence-electron chi connectivity index (χ2n) is 9.52. The van der Waals surface area contributed by atoms with Gasteiger partial charge < -0.3 is 24.2 Å². The van der Waals surface area contributed by atoms with Crippen LogP contribution in [0.5, 0.6) is 5.75 Å². The molecule has 5 rings (SSSR count). The van der Waals surface area contributed by atoms with Crippen molar-refractivity contribution in [1.29, 1.82) is 0 Å². The van der Waals surface area contributed by atoms with E-state index in [9.17, 15) is 19.5 Å². The summed E-state index contributed by atoms with van der Waals surface area (Å²) >= 11 is 0. The molecule has 0 saturated carbocycles. The van der Waals surface area contributed by atoms with E-state index in [1.165, 1.54) is 12.0 Å². The summed E-state index contributed by atoms with van der Waals surface area (Å²) in [6, 6.07) is 11.1. The highest BCUT2D eigenvalue weighted by atomic mass is 16.5. The number of ether oxygens (including phenoxy) is 3. The van der Waals surface area contributed by atoms with Gasteiger partial charge in [-0.15, -0.1) is 0 Å². The SMILES string of the molecule is COC(=O)c1ccc([C@H]2C(=C(O)c3ccc4c(c3)C[C@@H](C)O4)C(=O)C(=O)N2CCN2CCOCC2)cc1. The van der Waals surface area contributed by atoms with Gasteiger partial charge in [0.15, 0.2) is 0 Å². The molecule has 0 spiro atoms. The topological polar surface area (TPSA) is 106 Å². The lowest BCUT2D eigenvalue weighted by atomic mass is 9.94. The standard InChI is InChI=1S/C28H30N2O7/c1-17-15-21-16-20(7-8-22(21)37-17)25(31)23-24(18-3-5-19(6-4-18)28(34)35-2)30(27(33)26(23)32)10-9-29-11-13-36-14-12-29/h3-8,16-17,24,31H,9-15H2,1-2H3/t17-,24+/m1/s1. The van der Waals surface area contributed by atoms with E-state index in [0.717, 1.165) is 24.4 Å². The lowest BCUT2D eigenvalue weighted by Gasteiger charge is -2.31. The van der Waals surface area contributed by atoms with E-state index in [1.807, 2.05) is 13.0 Å². The van der Waals surface area contributed by atoms with Crippen LogP contribution in [0.1, 0.15) is 40.0 Å². The molecule has 1 N–H and O–H groups in total. The average molecular weight is 507 g/mol. The molecule has 2 aromatic carbocycles. The molecule has 2 saturated heterocycles. The van der Waals surface area contributed by atoms with Crippen LogP contribution in [-0.2, 0) is 25.5 Å². The van der Waals surface area contributed by atoms with E-state index in [0.29, 0.717) is 49.4 Å². The van der Waals surface area contributed by atoms with Crippen molar-refractivity contribution >= 4 is 23.4 Å². The van der Waals surface area contributed by atoms with E-state index in [-0.39, 0.29) is 17.4 Å². The van der Waals surface area contributed by atoms with Crippen molar-refractivity contribution in [3.63, 3.8) is 0 Å². The van der Waals surface area contributed by atoms with E-state index in [1.54, 1.807) is 36.4 Å². The van der Waals surface area contributed by atoms with Gasteiger partial charge in [-0.2, -0.15) is 0 Å². The predicted molar refractivity (Wildman–Crippen MR) is 134 cm³/mol. The molecule has 3 aliphatic rings. The predicted octanol–water partition coefficient (Wildman–Crippen LogP) is 2.55. The molecule has 2 fully saturated rings. The normalized spacial score (nSPS) is 23.1. The maximum absolute atomic E-state index is 13.3. The average Bonchev–Trinajstić information content (AvgIpc) is 3.42. The van der Waals surface area contributed by atoms with Gasteiger partial charge in [-0.25, -0.2) is 4.79 Å². The van der Waals surface area contributed by atoms with Gasteiger partial charge in [0, 0.05) is 38.2 Å². The molecule has 3 aliphatic heterocycles. The van der Waals surface area contributed by atoms with Gasteiger partial charge in [-0.1, -0.05) is 12.1 Å². The smallest absolute Gasteiger partial charge is 0.337 e. The number of carbonyl (C=O) groups excluding carboxylic acids is 3. The van der Waals surface area contributed by atoms with Crippen LogP contribution >= 0.6 is 0 Å². The first kappa shape index (κ1) is 25.0. The molecular weight excluding hydrogens is 476 g/mol. The minimum atomic E-state index is -0.795. The lowest BCUT2D eigenvalue weighted by Crippen LogP contribution is -2.42. The molecule has 37 heavy (non-hydrogen) atoms. The van der Waals surface area contributed by atoms with Crippen molar-refractivity contribution in [1.82, 2.24) is 9.80 Å². The number of carbonyl (C=O) groups is 3. The van der Waals surface area contributed by atoms with Crippen LogP contribution in [-0.4, -0.2) is 85.2 Å². The molecule has 0 radical (unpaired) electrons. The van der Waals surface area contributed by atoms with Crippen LogP contribution in [0.15, 0.2) is 48.0 Å². The number of rotatable bonds is 6. The highest BCUT2D eigenvalue weighted by Crippen LogP contribution is 2.40. The first-order valence-corrected chi connectivity index (χ1v) is 12.4. The summed E-state index contributed by atoms with van der Waals surface area (Å²) in [5.41, 5.74) is 2.40. The third kappa shape index (κ3) is 4.84. The maximum atomic E-state index is 13.3. The number of fused-ring (bicyclic) bond motifs is 1. The zero-order chi connectivity index (χ0) is 26.1. The van der Waals surface area contributed by atoms with Gasteiger partial charge >= 0.3 is 5.97 Å². The largest absolute Gasteiger partial charge is 0.507 e. The molecule has 2 atom stereocenters. The Morgan fingerprint density at radius 1 is 1.05 bits per heavy atom. The third-order valence-corrected chi connectivity index (χ3v) is 7.12. The van der Waals surface area contributed by atoms with Gasteiger partial charge in [0.05, 0.1) is 37.5 Å². The summed E-state index contributed by atoms with van der Waals surface area (Å²) in [7, 11) is 1.30. The summed E-state index contributed by atoms with van der Waals surface area (Å²) in [6.07, 6.45) is 0.731. The molecule has 0 aliphatic carbocycles. The number of Topliss-reactive ketones (excluding diaryl/α,β-unsaturated/α-hetero) is 1. The monoisotopic (exact) mass is 506 g/mol. The minimum Gasteiger partial charge on any atom is -0.507 e. The second kappa shape index (κ2) is 10.4. The molecule has 9 nitrogen and oxygen atoms in total. The summed E-state index contributed by atoms with van der Waals surface area (Å²) in [6.45, 7) is 5.59. The van der Waals surface area contributed by atoms with E-state index >= 15 is 0 Å². The minimum absolute atomic E-state index is 0.0321. The lowest BCUT2D eigenvalue weighted by molar-refractivity contribution is -0.140. The van der Waals surface area contributed by atoms with Crippen molar-refractivity contribution in [2.75, 3.05) is 46.5 Å². The fraction of sp³-hybridized carbons (Fsp3) is 0.393. The molecule has 3 heterocycles. The Morgan fingerprint density at radius 2 is 1.76 bits per heavy atom. The number of methoxy groups -OCH3 is 1. The Bertz CT molecular complexity index is 1250. The number of nitrogens with zero attached hydrogens (tertiary/aromatic N) is 2. The molecule has 0 unspecified atom stereocenters. The fourth-order valence-electron chi connectivity index (χ4n) is 5.18. The van der Waals surface area contributed by atoms with E-state index in [2.05, 4.69) is 4.90 Å². The number of aliphatic hydroxyl groups is 1. The van der Waals surface area contributed by atoms with Gasteiger partial charge in [-0.3, -0.25) is 14.5 Å². The van der Waals surface area contributed by atoms with Crippen molar-refractivity contribution in [3.05, 3.63) is 70.3 Å². The quantitative estimate of drug-likeness (QED) is 0.276. The number of hydrogen-bond donors (Lipinski definition) is 1. The molecular formula is C28H30N2O7. The van der Waals surface area contributed by atoms with Crippen LogP contribution in [0.4, 0.5) is 0 Å². The van der Waals surface area contributed by atoms with Crippen LogP contribution in [0.25, 0.3) is 5.76 Å². The van der Waals surface area contributed by atoms with Crippen molar-refractivity contribution < 1.29 is 33.7 Å². The highest BCUT2D eigenvalue weighted by molar-refractivity contribution is 6.46. The molecule has 9 heteroatoms. The van der Waals surface area contributed by atoms with Crippen LogP contribution in [0.3, 0.4) is 0 Å². The van der Waals surface area contributed by atoms with Gasteiger partial charge in [-0.05, 0) is 48.4 Å². The number of hydrogen-bond acceptors (Lipinski definition) is 8. The van der Waals surface area contributed by atoms with Gasteiger partial charge in [0.2, 0.25) is 0 Å². The fourth-order valence-corrected chi connectivity index (χ4v) is 5.18. The number of amides is 1. The molecule has 0 aromatic heterocycles. The number of esters is 1. The van der Waals surface area contributed by atoms with Crippen LogP contribution in [0, 0.1) is 0 Å². The molecule has 0 bridgehead atoms. The van der Waals surface area contributed by atoms with Crippen molar-refractivity contribution in [2.45, 2.75) is 25.5 Å². The number of aliphatic hydroxyl groups excluding tert-OH is 1. The van der Waals surface area contributed by atoms with Crippen LogP contribution < -0.4 is 4.74 Å². The highest BCUT2D eigenvalue weighted by Gasteiger charge is 2.46. The molecule has 1 amide bonds. The summed E-state index contributed by atoms with van der Waals surface area (Å²) in [5.74, 6) is -1.34. The Balaban J connectivity index is 1.53. The zero-order valence-corrected chi connectivity index (χ0v) is 20.9. The number of benzene rings is 2. The Labute approximate surface area is 215 Å². The number of likely N-dealkylation sites (tertiary alicyclic amines) is 1. The third-order valence-electron chi connectivity index (χ3n) is 7.12. The molecule has 2 aromatic rings. The summed E-state index contributed by atoms with van der Waals surface area (Å²) in [5, 5.41) is 11.4.